The molecule has 0 radical (unpaired) electrons. The van der Waals surface area contributed by atoms with Crippen LogP contribution in [0.5, 0.6) is 0 Å². The highest BCUT2D eigenvalue weighted by atomic mass is 35.5. The Balaban J connectivity index is 3.04. The van der Waals surface area contributed by atoms with E-state index in [-0.39, 0.29) is 5.38 Å². The minimum absolute atomic E-state index is 0.112. The highest BCUT2D eigenvalue weighted by molar-refractivity contribution is 6.20. The van der Waals surface area contributed by atoms with Gasteiger partial charge in [0.05, 0.1) is 11.1 Å². The van der Waals surface area contributed by atoms with Crippen molar-refractivity contribution in [1.29, 1.82) is 0 Å². The number of halogens is 1. The number of nitrogens with zero attached hydrogens (tertiary/aromatic N) is 2. The molecule has 0 aliphatic heterocycles. The Morgan fingerprint density at radius 3 is 2.50 bits per heavy atom. The molecule has 0 spiro atoms. The van der Waals surface area contributed by atoms with Gasteiger partial charge in [0.1, 0.15) is 0 Å². The predicted octanol–water partition coefficient (Wildman–Crippen LogP) is 3.60. The van der Waals surface area contributed by atoms with Crippen LogP contribution in [0.25, 0.3) is 0 Å². The molecule has 0 fully saturated rings. The summed E-state index contributed by atoms with van der Waals surface area (Å²) in [5.74, 6) is 0. The van der Waals surface area contributed by atoms with Gasteiger partial charge in [-0.2, -0.15) is 5.10 Å². The highest BCUT2D eigenvalue weighted by Crippen LogP contribution is 2.29. The average molecular weight is 215 g/mol. The Labute approximate surface area is 91.3 Å². The van der Waals surface area contributed by atoms with Crippen molar-refractivity contribution in [2.24, 2.45) is 0 Å². The van der Waals surface area contributed by atoms with Crippen molar-refractivity contribution in [1.82, 2.24) is 9.78 Å². The zero-order valence-electron chi connectivity index (χ0n) is 9.47. The van der Waals surface area contributed by atoms with Gasteiger partial charge in [0.15, 0.2) is 0 Å². The van der Waals surface area contributed by atoms with Crippen molar-refractivity contribution in [2.45, 2.75) is 52.5 Å². The molecule has 0 aliphatic carbocycles. The molecule has 14 heavy (non-hydrogen) atoms. The fraction of sp³-hybridized carbons (Fsp3) is 0.727. The molecule has 1 aromatic rings. The van der Waals surface area contributed by atoms with Crippen LogP contribution >= 0.6 is 11.6 Å². The van der Waals surface area contributed by atoms with Crippen LogP contribution in [-0.4, -0.2) is 9.78 Å². The van der Waals surface area contributed by atoms with Gasteiger partial charge in [-0.3, -0.25) is 4.68 Å². The van der Waals surface area contributed by atoms with Crippen molar-refractivity contribution in [3.63, 3.8) is 0 Å². The van der Waals surface area contributed by atoms with Gasteiger partial charge < -0.3 is 0 Å². The Kier molecular flexibility index (Phi) is 3.99. The lowest BCUT2D eigenvalue weighted by atomic mass is 10.1. The molecule has 80 valence electrons. The summed E-state index contributed by atoms with van der Waals surface area (Å²) in [5.41, 5.74) is 3.53. The number of aryl methyl sites for hydroxylation is 2. The first-order valence-electron chi connectivity index (χ1n) is 5.29. The van der Waals surface area contributed by atoms with E-state index in [0.29, 0.717) is 0 Å². The monoisotopic (exact) mass is 214 g/mol. The van der Waals surface area contributed by atoms with Crippen molar-refractivity contribution in [3.05, 3.63) is 17.0 Å². The fourth-order valence-corrected chi connectivity index (χ4v) is 2.11. The van der Waals surface area contributed by atoms with Gasteiger partial charge >= 0.3 is 0 Å². The van der Waals surface area contributed by atoms with E-state index >= 15 is 0 Å². The topological polar surface area (TPSA) is 17.8 Å². The number of aromatic nitrogens is 2. The standard InChI is InChI=1S/C11H19ClN2/c1-5-7-14-9(4)11(8(3)13-14)10(12)6-2/h10H,5-7H2,1-4H3. The molecule has 1 atom stereocenters. The van der Waals surface area contributed by atoms with Gasteiger partial charge in [-0.15, -0.1) is 11.6 Å². The first-order chi connectivity index (χ1) is 6.61. The van der Waals surface area contributed by atoms with Crippen LogP contribution in [0.1, 0.15) is 49.0 Å². The average Bonchev–Trinajstić information content (AvgIpc) is 2.42. The zero-order valence-corrected chi connectivity index (χ0v) is 10.2. The Hall–Kier alpha value is -0.500. The van der Waals surface area contributed by atoms with Gasteiger partial charge in [0.25, 0.3) is 0 Å². The molecule has 0 aliphatic rings. The molecule has 0 N–H and O–H groups in total. The second-order valence-electron chi connectivity index (χ2n) is 3.68. The maximum Gasteiger partial charge on any atom is 0.0643 e. The molecular formula is C11H19ClN2. The smallest absolute Gasteiger partial charge is 0.0643 e. The number of hydrogen-bond donors (Lipinski definition) is 0. The highest BCUT2D eigenvalue weighted by Gasteiger charge is 2.16. The van der Waals surface area contributed by atoms with E-state index in [1.54, 1.807) is 0 Å². The second kappa shape index (κ2) is 4.83. The summed E-state index contributed by atoms with van der Waals surface area (Å²) in [5, 5.41) is 4.61. The zero-order chi connectivity index (χ0) is 10.7. The van der Waals surface area contributed by atoms with E-state index in [1.807, 2.05) is 6.92 Å². The first kappa shape index (κ1) is 11.6. The summed E-state index contributed by atoms with van der Waals surface area (Å²) in [6, 6.07) is 0. The summed E-state index contributed by atoms with van der Waals surface area (Å²) < 4.78 is 2.07. The second-order valence-corrected chi connectivity index (χ2v) is 4.21. The molecule has 1 heterocycles. The third kappa shape index (κ3) is 2.11. The summed E-state index contributed by atoms with van der Waals surface area (Å²) in [4.78, 5) is 0. The lowest BCUT2D eigenvalue weighted by molar-refractivity contribution is 0.582. The summed E-state index contributed by atoms with van der Waals surface area (Å²) >= 11 is 6.26. The molecule has 0 bridgehead atoms. The molecule has 1 rings (SSSR count). The van der Waals surface area contributed by atoms with E-state index in [2.05, 4.69) is 30.6 Å². The quantitative estimate of drug-likeness (QED) is 0.701. The van der Waals surface area contributed by atoms with E-state index < -0.39 is 0 Å². The maximum atomic E-state index is 6.26. The van der Waals surface area contributed by atoms with Crippen LogP contribution in [0, 0.1) is 13.8 Å². The molecule has 0 amide bonds. The van der Waals surface area contributed by atoms with Gasteiger partial charge in [-0.1, -0.05) is 13.8 Å². The van der Waals surface area contributed by atoms with Crippen LogP contribution in [0.2, 0.25) is 0 Å². The minimum Gasteiger partial charge on any atom is -0.269 e. The normalized spacial score (nSPS) is 13.2. The number of rotatable bonds is 4. The Morgan fingerprint density at radius 1 is 1.36 bits per heavy atom. The molecule has 2 nitrogen and oxygen atoms in total. The van der Waals surface area contributed by atoms with E-state index in [4.69, 9.17) is 11.6 Å². The van der Waals surface area contributed by atoms with Gasteiger partial charge in [-0.25, -0.2) is 0 Å². The molecular weight excluding hydrogens is 196 g/mol. The molecule has 0 saturated carbocycles. The van der Waals surface area contributed by atoms with Crippen LogP contribution in [0.4, 0.5) is 0 Å². The van der Waals surface area contributed by atoms with Crippen molar-refractivity contribution >= 4 is 11.6 Å². The van der Waals surface area contributed by atoms with E-state index in [1.165, 1.54) is 11.3 Å². The van der Waals surface area contributed by atoms with Gasteiger partial charge in [-0.05, 0) is 26.7 Å². The minimum atomic E-state index is 0.112. The van der Waals surface area contributed by atoms with Crippen molar-refractivity contribution in [2.75, 3.05) is 0 Å². The molecule has 1 unspecified atom stereocenters. The van der Waals surface area contributed by atoms with Crippen molar-refractivity contribution in [3.8, 4) is 0 Å². The summed E-state index contributed by atoms with van der Waals surface area (Å²) in [7, 11) is 0. The number of hydrogen-bond acceptors (Lipinski definition) is 1. The van der Waals surface area contributed by atoms with Crippen molar-refractivity contribution < 1.29 is 0 Å². The van der Waals surface area contributed by atoms with Crippen LogP contribution in [0.3, 0.4) is 0 Å². The van der Waals surface area contributed by atoms with Gasteiger partial charge in [0, 0.05) is 17.8 Å². The van der Waals surface area contributed by atoms with E-state index in [0.717, 1.165) is 25.1 Å². The lowest BCUT2D eigenvalue weighted by Crippen LogP contribution is -2.02. The summed E-state index contributed by atoms with van der Waals surface area (Å²) in [6.07, 6.45) is 2.07. The third-order valence-corrected chi connectivity index (χ3v) is 3.07. The van der Waals surface area contributed by atoms with E-state index in [9.17, 15) is 0 Å². The molecule has 0 aromatic carbocycles. The SMILES string of the molecule is CCCn1nc(C)c(C(Cl)CC)c1C. The number of alkyl halides is 1. The largest absolute Gasteiger partial charge is 0.269 e. The molecule has 0 saturated heterocycles. The predicted molar refractivity (Wildman–Crippen MR) is 60.9 cm³/mol. The third-order valence-electron chi connectivity index (χ3n) is 2.54. The first-order valence-corrected chi connectivity index (χ1v) is 5.73. The fourth-order valence-electron chi connectivity index (χ4n) is 1.80. The van der Waals surface area contributed by atoms with Crippen LogP contribution in [0.15, 0.2) is 0 Å². The molecule has 1 aromatic heterocycles. The van der Waals surface area contributed by atoms with Gasteiger partial charge in [0.2, 0.25) is 0 Å². The Morgan fingerprint density at radius 2 is 2.00 bits per heavy atom. The lowest BCUT2D eigenvalue weighted by Gasteiger charge is -2.07. The van der Waals surface area contributed by atoms with Crippen LogP contribution < -0.4 is 0 Å². The maximum absolute atomic E-state index is 6.26. The molecule has 3 heteroatoms. The Bertz CT molecular complexity index is 304. The van der Waals surface area contributed by atoms with Crippen LogP contribution in [-0.2, 0) is 6.54 Å². The summed E-state index contributed by atoms with van der Waals surface area (Å²) in [6.45, 7) is 9.40.